The lowest BCUT2D eigenvalue weighted by molar-refractivity contribution is -0.137. The molecule has 3 nitrogen and oxygen atoms in total. The van der Waals surface area contributed by atoms with Crippen LogP contribution in [0.3, 0.4) is 0 Å². The quantitative estimate of drug-likeness (QED) is 0.805. The summed E-state index contributed by atoms with van der Waals surface area (Å²) in [4.78, 5) is 12.9. The maximum absolute atomic E-state index is 12.5. The van der Waals surface area contributed by atoms with E-state index < -0.39 is 17.2 Å². The highest BCUT2D eigenvalue weighted by molar-refractivity contribution is 5.88. The normalized spacial score (nSPS) is 16.9. The third-order valence-corrected chi connectivity index (χ3v) is 3.49. The Morgan fingerprint density at radius 2 is 1.91 bits per heavy atom. The minimum absolute atomic E-state index is 0.242. The van der Waals surface area contributed by atoms with Crippen molar-refractivity contribution in [3.8, 4) is 6.07 Å². The molecule has 0 unspecified atom stereocenters. The van der Waals surface area contributed by atoms with Crippen LogP contribution in [0.1, 0.15) is 11.1 Å². The first-order valence-electron chi connectivity index (χ1n) is 6.49. The van der Waals surface area contributed by atoms with Gasteiger partial charge in [-0.25, -0.2) is 0 Å². The minimum atomic E-state index is -4.37. The van der Waals surface area contributed by atoms with Gasteiger partial charge in [0.05, 0.1) is 11.6 Å². The maximum Gasteiger partial charge on any atom is 0.416 e. The number of alkyl halides is 3. The first-order chi connectivity index (χ1) is 10.3. The first kappa shape index (κ1) is 15.8. The number of benzene rings is 1. The summed E-state index contributed by atoms with van der Waals surface area (Å²) in [6.07, 6.45) is 0.0398. The zero-order valence-corrected chi connectivity index (χ0v) is 11.6. The third-order valence-electron chi connectivity index (χ3n) is 3.49. The van der Waals surface area contributed by atoms with Crippen molar-refractivity contribution >= 4 is 12.0 Å². The maximum atomic E-state index is 12.5. The van der Waals surface area contributed by atoms with Crippen molar-refractivity contribution in [1.82, 2.24) is 4.90 Å². The van der Waals surface area contributed by atoms with E-state index in [0.717, 1.165) is 12.1 Å². The summed E-state index contributed by atoms with van der Waals surface area (Å²) < 4.78 is 37.4. The lowest BCUT2D eigenvalue weighted by atomic mass is 9.80. The van der Waals surface area contributed by atoms with Gasteiger partial charge in [-0.2, -0.15) is 18.4 Å². The Hall–Kier alpha value is -2.55. The number of carbonyl (C=O) groups excluding carboxylic acids is 1. The summed E-state index contributed by atoms with van der Waals surface area (Å²) in [6.45, 7) is 3.89. The number of likely N-dealkylation sites (tertiary alicyclic amines) is 1. The van der Waals surface area contributed by atoms with Gasteiger partial charge in [0.1, 0.15) is 5.41 Å². The van der Waals surface area contributed by atoms with E-state index in [2.05, 4.69) is 12.6 Å². The summed E-state index contributed by atoms with van der Waals surface area (Å²) in [5, 5.41) is 9.22. The molecule has 1 heterocycles. The Labute approximate surface area is 126 Å². The van der Waals surface area contributed by atoms with E-state index in [0.29, 0.717) is 5.56 Å². The number of rotatable bonds is 3. The van der Waals surface area contributed by atoms with Crippen molar-refractivity contribution in [2.45, 2.75) is 6.18 Å². The van der Waals surface area contributed by atoms with Gasteiger partial charge in [0.15, 0.2) is 0 Å². The molecule has 0 N–H and O–H groups in total. The molecule has 114 valence electrons. The number of hydrogen-bond donors (Lipinski definition) is 0. The number of amides is 1. The van der Waals surface area contributed by atoms with Gasteiger partial charge < -0.3 is 4.90 Å². The molecule has 0 atom stereocenters. The number of nitrogens with zero attached hydrogens (tertiary/aromatic N) is 2. The zero-order valence-electron chi connectivity index (χ0n) is 11.6. The number of carbonyl (C=O) groups is 1. The van der Waals surface area contributed by atoms with Gasteiger partial charge in [0, 0.05) is 13.1 Å². The van der Waals surface area contributed by atoms with Crippen molar-refractivity contribution in [3.05, 3.63) is 54.1 Å². The Bertz CT molecular complexity index is 647. The third kappa shape index (κ3) is 3.19. The summed E-state index contributed by atoms with van der Waals surface area (Å²) in [7, 11) is 0. The smallest absolute Gasteiger partial charge is 0.335 e. The van der Waals surface area contributed by atoms with Crippen LogP contribution in [0.15, 0.2) is 43.0 Å². The van der Waals surface area contributed by atoms with Crippen LogP contribution >= 0.6 is 0 Å². The molecule has 1 aliphatic rings. The Balaban J connectivity index is 2.07. The lowest BCUT2D eigenvalue weighted by Gasteiger charge is -2.43. The van der Waals surface area contributed by atoms with E-state index in [-0.39, 0.29) is 19.0 Å². The van der Waals surface area contributed by atoms with Gasteiger partial charge in [-0.05, 0) is 23.8 Å². The SMILES string of the molecule is C=CC(=O)N1CC(C#N)(/C=C/c2ccc(C(F)(F)F)cc2)C1. The molecule has 0 saturated carbocycles. The highest BCUT2D eigenvalue weighted by Crippen LogP contribution is 2.33. The second-order valence-electron chi connectivity index (χ2n) is 5.12. The molecule has 2 rings (SSSR count). The monoisotopic (exact) mass is 306 g/mol. The van der Waals surface area contributed by atoms with E-state index in [9.17, 15) is 23.2 Å². The molecular weight excluding hydrogens is 293 g/mol. The predicted molar refractivity (Wildman–Crippen MR) is 75.3 cm³/mol. The molecule has 1 fully saturated rings. The highest BCUT2D eigenvalue weighted by atomic mass is 19.4. The number of halogens is 3. The Morgan fingerprint density at radius 3 is 2.36 bits per heavy atom. The minimum Gasteiger partial charge on any atom is -0.335 e. The van der Waals surface area contributed by atoms with Crippen molar-refractivity contribution in [1.29, 1.82) is 5.26 Å². The zero-order chi connectivity index (χ0) is 16.4. The highest BCUT2D eigenvalue weighted by Gasteiger charge is 2.42. The van der Waals surface area contributed by atoms with Gasteiger partial charge in [0.25, 0.3) is 0 Å². The number of hydrogen-bond acceptors (Lipinski definition) is 2. The van der Waals surface area contributed by atoms with E-state index in [1.165, 1.54) is 23.1 Å². The van der Waals surface area contributed by atoms with Gasteiger partial charge in [-0.3, -0.25) is 4.79 Å². The van der Waals surface area contributed by atoms with Crippen LogP contribution in [-0.2, 0) is 11.0 Å². The number of nitriles is 1. The molecule has 1 amide bonds. The van der Waals surface area contributed by atoms with Crippen molar-refractivity contribution in [2.24, 2.45) is 5.41 Å². The van der Waals surface area contributed by atoms with Gasteiger partial charge in [-0.1, -0.05) is 30.9 Å². The summed E-state index contributed by atoms with van der Waals surface area (Å²) in [6, 6.07) is 6.81. The average Bonchev–Trinajstić information content (AvgIpc) is 2.45. The van der Waals surface area contributed by atoms with E-state index in [1.54, 1.807) is 12.2 Å². The lowest BCUT2D eigenvalue weighted by Crippen LogP contribution is -2.56. The van der Waals surface area contributed by atoms with Crippen LogP contribution < -0.4 is 0 Å². The fourth-order valence-electron chi connectivity index (χ4n) is 2.17. The van der Waals surface area contributed by atoms with Crippen molar-refractivity contribution < 1.29 is 18.0 Å². The molecule has 6 heteroatoms. The van der Waals surface area contributed by atoms with Crippen LogP contribution in [0.4, 0.5) is 13.2 Å². The van der Waals surface area contributed by atoms with Gasteiger partial charge in [-0.15, -0.1) is 0 Å². The van der Waals surface area contributed by atoms with E-state index in [1.807, 2.05) is 0 Å². The summed E-state index contributed by atoms with van der Waals surface area (Å²) in [5.74, 6) is -0.242. The van der Waals surface area contributed by atoms with Crippen LogP contribution in [0.25, 0.3) is 6.08 Å². The fourth-order valence-corrected chi connectivity index (χ4v) is 2.17. The van der Waals surface area contributed by atoms with Gasteiger partial charge >= 0.3 is 6.18 Å². The van der Waals surface area contributed by atoms with Crippen LogP contribution in [0.5, 0.6) is 0 Å². The molecule has 0 spiro atoms. The predicted octanol–water partition coefficient (Wildman–Crippen LogP) is 3.26. The molecule has 0 radical (unpaired) electrons. The van der Waals surface area contributed by atoms with Crippen molar-refractivity contribution in [2.75, 3.05) is 13.1 Å². The van der Waals surface area contributed by atoms with Gasteiger partial charge in [0.2, 0.25) is 5.91 Å². The molecule has 1 aromatic rings. The largest absolute Gasteiger partial charge is 0.416 e. The Morgan fingerprint density at radius 1 is 1.32 bits per heavy atom. The average molecular weight is 306 g/mol. The topological polar surface area (TPSA) is 44.1 Å². The molecular formula is C16H13F3N2O. The summed E-state index contributed by atoms with van der Waals surface area (Å²) >= 11 is 0. The molecule has 1 aliphatic heterocycles. The Kier molecular flexibility index (Phi) is 4.09. The van der Waals surface area contributed by atoms with E-state index in [4.69, 9.17) is 0 Å². The molecule has 0 aromatic heterocycles. The van der Waals surface area contributed by atoms with E-state index >= 15 is 0 Å². The molecule has 22 heavy (non-hydrogen) atoms. The molecule has 0 aliphatic carbocycles. The molecule has 1 aromatic carbocycles. The standard InChI is InChI=1S/C16H13F3N2O/c1-2-14(22)21-10-15(9-20,11-21)8-7-12-3-5-13(6-4-12)16(17,18)19/h2-8H,1,10-11H2/b8-7+. The fraction of sp³-hybridized carbons (Fsp3) is 0.250. The summed E-state index contributed by atoms with van der Waals surface area (Å²) in [5.41, 5.74) is -0.941. The van der Waals surface area contributed by atoms with Crippen LogP contribution in [-0.4, -0.2) is 23.9 Å². The van der Waals surface area contributed by atoms with Crippen molar-refractivity contribution in [3.63, 3.8) is 0 Å². The molecule has 1 saturated heterocycles. The second-order valence-corrected chi connectivity index (χ2v) is 5.12. The molecule has 0 bridgehead atoms. The van der Waals surface area contributed by atoms with Crippen LogP contribution in [0.2, 0.25) is 0 Å². The first-order valence-corrected chi connectivity index (χ1v) is 6.49. The second kappa shape index (κ2) is 5.68. The van der Waals surface area contributed by atoms with Crippen LogP contribution in [0, 0.1) is 16.7 Å².